The molecule has 0 spiro atoms. The first-order valence-corrected chi connectivity index (χ1v) is 7.45. The number of nitrogens with zero attached hydrogens (tertiary/aromatic N) is 2. The van der Waals surface area contributed by atoms with E-state index in [0.717, 1.165) is 22.1 Å². The van der Waals surface area contributed by atoms with Gasteiger partial charge in [-0.05, 0) is 42.3 Å². The van der Waals surface area contributed by atoms with Gasteiger partial charge < -0.3 is 15.2 Å². The number of nitrogens with two attached hydrogens (primary N) is 1. The average Bonchev–Trinajstić information content (AvgIpc) is 2.61. The lowest BCUT2D eigenvalue weighted by Crippen LogP contribution is -2.01. The number of ether oxygens (including phenoxy) is 2. The molecule has 0 fully saturated rings. The molecule has 0 saturated heterocycles. The highest BCUT2D eigenvalue weighted by Crippen LogP contribution is 2.36. The molecule has 5 heteroatoms. The van der Waals surface area contributed by atoms with Gasteiger partial charge in [0.2, 0.25) is 0 Å². The molecule has 0 aliphatic heterocycles. The molecule has 1 aromatic heterocycles. The first-order chi connectivity index (χ1) is 11.7. The monoisotopic (exact) mass is 319 g/mol. The van der Waals surface area contributed by atoms with Crippen molar-refractivity contribution >= 4 is 16.6 Å². The smallest absolute Gasteiger partial charge is 0.188 e. The Morgan fingerprint density at radius 3 is 2.79 bits per heavy atom. The summed E-state index contributed by atoms with van der Waals surface area (Å²) in [6.45, 7) is 2.16. The first kappa shape index (κ1) is 15.8. The highest BCUT2D eigenvalue weighted by Gasteiger charge is 2.15. The van der Waals surface area contributed by atoms with E-state index in [4.69, 9.17) is 15.2 Å². The van der Waals surface area contributed by atoms with Crippen LogP contribution in [0, 0.1) is 18.3 Å². The number of aromatic nitrogens is 1. The van der Waals surface area contributed by atoms with Crippen LogP contribution in [-0.4, -0.2) is 18.9 Å². The molecule has 120 valence electrons. The average molecular weight is 319 g/mol. The van der Waals surface area contributed by atoms with Crippen molar-refractivity contribution in [2.75, 3.05) is 19.6 Å². The summed E-state index contributed by atoms with van der Waals surface area (Å²) in [5.74, 6) is 0.682. The molecule has 0 amide bonds. The maximum Gasteiger partial charge on any atom is 0.188 e. The molecule has 2 N–H and O–H groups in total. The van der Waals surface area contributed by atoms with E-state index in [0.29, 0.717) is 22.5 Å². The van der Waals surface area contributed by atoms with Crippen LogP contribution in [0.1, 0.15) is 11.1 Å². The molecule has 0 aliphatic carbocycles. The molecule has 0 atom stereocenters. The second-order valence-corrected chi connectivity index (χ2v) is 5.43. The summed E-state index contributed by atoms with van der Waals surface area (Å²) in [5.41, 5.74) is 10.5. The summed E-state index contributed by atoms with van der Waals surface area (Å²) in [5, 5.41) is 10.4. The number of rotatable bonds is 4. The van der Waals surface area contributed by atoms with E-state index in [1.165, 1.54) is 0 Å². The fourth-order valence-corrected chi connectivity index (χ4v) is 2.68. The molecule has 0 saturated carbocycles. The lowest BCUT2D eigenvalue weighted by molar-refractivity contribution is 0.0511. The minimum absolute atomic E-state index is 0.170. The van der Waals surface area contributed by atoms with Crippen molar-refractivity contribution in [1.82, 2.24) is 4.98 Å². The SMILES string of the molecule is COCOc1ccc(C)c(-c2cc3cccnc3c(C#N)c2N)c1. The van der Waals surface area contributed by atoms with E-state index in [-0.39, 0.29) is 6.79 Å². The van der Waals surface area contributed by atoms with Crippen LogP contribution >= 0.6 is 0 Å². The first-order valence-electron chi connectivity index (χ1n) is 7.45. The minimum Gasteiger partial charge on any atom is -0.468 e. The second-order valence-electron chi connectivity index (χ2n) is 5.43. The predicted octanol–water partition coefficient (Wildman–Crippen LogP) is 3.65. The number of nitrogen functional groups attached to an aromatic ring is 1. The number of benzene rings is 2. The summed E-state index contributed by atoms with van der Waals surface area (Å²) >= 11 is 0. The largest absolute Gasteiger partial charge is 0.468 e. The van der Waals surface area contributed by atoms with Gasteiger partial charge in [0.15, 0.2) is 6.79 Å². The van der Waals surface area contributed by atoms with Crippen LogP contribution in [0.2, 0.25) is 0 Å². The van der Waals surface area contributed by atoms with Gasteiger partial charge in [0.25, 0.3) is 0 Å². The summed E-state index contributed by atoms with van der Waals surface area (Å²) in [4.78, 5) is 4.28. The molecule has 24 heavy (non-hydrogen) atoms. The Morgan fingerprint density at radius 1 is 1.21 bits per heavy atom. The molecule has 2 aromatic carbocycles. The third-order valence-electron chi connectivity index (χ3n) is 3.89. The predicted molar refractivity (Wildman–Crippen MR) is 93.5 cm³/mol. The van der Waals surface area contributed by atoms with E-state index in [9.17, 15) is 5.26 Å². The Morgan fingerprint density at radius 2 is 2.04 bits per heavy atom. The Bertz CT molecular complexity index is 945. The van der Waals surface area contributed by atoms with Crippen LogP contribution in [0.5, 0.6) is 5.75 Å². The quantitative estimate of drug-likeness (QED) is 0.586. The summed E-state index contributed by atoms with van der Waals surface area (Å²) in [6, 6.07) is 13.6. The number of methoxy groups -OCH3 is 1. The molecular weight excluding hydrogens is 302 g/mol. The molecule has 0 aliphatic rings. The van der Waals surface area contributed by atoms with Gasteiger partial charge in [-0.2, -0.15) is 5.26 Å². The number of hydrogen-bond acceptors (Lipinski definition) is 5. The Labute approximate surface area is 140 Å². The Kier molecular flexibility index (Phi) is 4.32. The maximum absolute atomic E-state index is 9.52. The number of anilines is 1. The summed E-state index contributed by atoms with van der Waals surface area (Å²) in [6.07, 6.45) is 1.66. The summed E-state index contributed by atoms with van der Waals surface area (Å²) in [7, 11) is 1.57. The van der Waals surface area contributed by atoms with E-state index in [2.05, 4.69) is 11.1 Å². The number of aryl methyl sites for hydroxylation is 1. The van der Waals surface area contributed by atoms with Crippen LogP contribution in [0.15, 0.2) is 42.6 Å². The minimum atomic E-state index is 0.170. The van der Waals surface area contributed by atoms with Gasteiger partial charge in [0.1, 0.15) is 17.4 Å². The van der Waals surface area contributed by atoms with Crippen LogP contribution < -0.4 is 10.5 Å². The highest BCUT2D eigenvalue weighted by molar-refractivity contribution is 5.97. The lowest BCUT2D eigenvalue weighted by Gasteiger charge is -2.14. The standard InChI is InChI=1S/C19H17N3O2/c1-12-5-6-14(24-11-23-2)9-15(12)16-8-13-4-3-7-22-19(13)17(10-20)18(16)21/h3-9H,11,21H2,1-2H3. The Balaban J connectivity index is 2.23. The fraction of sp³-hybridized carbons (Fsp3) is 0.158. The van der Waals surface area contributed by atoms with Crippen molar-refractivity contribution in [3.8, 4) is 22.9 Å². The highest BCUT2D eigenvalue weighted by atomic mass is 16.7. The molecule has 0 radical (unpaired) electrons. The number of hydrogen-bond donors (Lipinski definition) is 1. The normalized spacial score (nSPS) is 10.5. The van der Waals surface area contributed by atoms with E-state index < -0.39 is 0 Å². The second kappa shape index (κ2) is 6.57. The van der Waals surface area contributed by atoms with Crippen LogP contribution in [0.4, 0.5) is 5.69 Å². The van der Waals surface area contributed by atoms with Crippen molar-refractivity contribution in [1.29, 1.82) is 5.26 Å². The number of fused-ring (bicyclic) bond motifs is 1. The van der Waals surface area contributed by atoms with E-state index >= 15 is 0 Å². The molecular formula is C19H17N3O2. The van der Waals surface area contributed by atoms with Crippen molar-refractivity contribution in [2.45, 2.75) is 6.92 Å². The van der Waals surface area contributed by atoms with Crippen LogP contribution in [0.3, 0.4) is 0 Å². The summed E-state index contributed by atoms with van der Waals surface area (Å²) < 4.78 is 10.5. The zero-order chi connectivity index (χ0) is 17.1. The molecule has 3 aromatic rings. The third kappa shape index (κ3) is 2.75. The van der Waals surface area contributed by atoms with Crippen LogP contribution in [0.25, 0.3) is 22.0 Å². The lowest BCUT2D eigenvalue weighted by atomic mass is 9.94. The Hall–Kier alpha value is -3.10. The van der Waals surface area contributed by atoms with E-state index in [1.807, 2.05) is 43.3 Å². The molecule has 5 nitrogen and oxygen atoms in total. The topological polar surface area (TPSA) is 81.2 Å². The van der Waals surface area contributed by atoms with Gasteiger partial charge in [0, 0.05) is 24.3 Å². The van der Waals surface area contributed by atoms with E-state index in [1.54, 1.807) is 13.3 Å². The van der Waals surface area contributed by atoms with Crippen molar-refractivity contribution in [3.05, 3.63) is 53.7 Å². The van der Waals surface area contributed by atoms with Crippen molar-refractivity contribution in [2.24, 2.45) is 0 Å². The molecule has 0 bridgehead atoms. The van der Waals surface area contributed by atoms with Crippen molar-refractivity contribution in [3.63, 3.8) is 0 Å². The van der Waals surface area contributed by atoms with Crippen molar-refractivity contribution < 1.29 is 9.47 Å². The number of nitriles is 1. The fourth-order valence-electron chi connectivity index (χ4n) is 2.68. The van der Waals surface area contributed by atoms with Gasteiger partial charge in [-0.3, -0.25) is 4.98 Å². The van der Waals surface area contributed by atoms with Crippen LogP contribution in [-0.2, 0) is 4.74 Å². The maximum atomic E-state index is 9.52. The van der Waals surface area contributed by atoms with Gasteiger partial charge in [0.05, 0.1) is 11.2 Å². The zero-order valence-corrected chi connectivity index (χ0v) is 13.5. The molecule has 3 rings (SSSR count). The van der Waals surface area contributed by atoms with Gasteiger partial charge in [-0.1, -0.05) is 12.1 Å². The zero-order valence-electron chi connectivity index (χ0n) is 13.5. The van der Waals surface area contributed by atoms with Gasteiger partial charge >= 0.3 is 0 Å². The van der Waals surface area contributed by atoms with Gasteiger partial charge in [-0.25, -0.2) is 0 Å². The van der Waals surface area contributed by atoms with Gasteiger partial charge in [-0.15, -0.1) is 0 Å². The third-order valence-corrected chi connectivity index (χ3v) is 3.89. The number of pyridine rings is 1. The molecule has 1 heterocycles. The molecule has 0 unspecified atom stereocenters.